The van der Waals surface area contributed by atoms with Crippen molar-refractivity contribution in [2.45, 2.75) is 17.6 Å². The summed E-state index contributed by atoms with van der Waals surface area (Å²) >= 11 is 12.4. The van der Waals surface area contributed by atoms with Crippen LogP contribution in [-0.2, 0) is 25.2 Å². The minimum Gasteiger partial charge on any atom is -0.507 e. The number of halogens is 3. The number of carboxylic acid groups (broad SMARTS) is 1. The first kappa shape index (κ1) is 26.3. The molecule has 0 fully saturated rings. The standard InChI is InChI=1S/C23H18Cl2FNO7S/c1-12(23(30)31)22(29)27-15-8-17(24)21(18(25)9-15)34-16-6-7-19(28)20(10-16)35(32,33)11-13-2-4-14(26)5-3-13/h2-10,12,28H,11H2,1H3,(H,27,29)(H,30,31). The quantitative estimate of drug-likeness (QED) is 0.331. The van der Waals surface area contributed by atoms with Gasteiger partial charge in [0.1, 0.15) is 28.1 Å². The Balaban J connectivity index is 1.85. The van der Waals surface area contributed by atoms with Crippen LogP contribution < -0.4 is 10.1 Å². The highest BCUT2D eigenvalue weighted by Gasteiger charge is 2.23. The van der Waals surface area contributed by atoms with Crippen molar-refractivity contribution in [3.8, 4) is 17.2 Å². The largest absolute Gasteiger partial charge is 0.507 e. The summed E-state index contributed by atoms with van der Waals surface area (Å²) in [5, 5.41) is 21.3. The average Bonchev–Trinajstić information content (AvgIpc) is 2.78. The lowest BCUT2D eigenvalue weighted by Crippen LogP contribution is -2.26. The number of carbonyl (C=O) groups excluding carboxylic acids is 1. The van der Waals surface area contributed by atoms with Gasteiger partial charge in [0.25, 0.3) is 0 Å². The fourth-order valence-corrected chi connectivity index (χ4v) is 4.93. The zero-order chi connectivity index (χ0) is 25.9. The summed E-state index contributed by atoms with van der Waals surface area (Å²) in [6.07, 6.45) is 0. The van der Waals surface area contributed by atoms with Gasteiger partial charge in [0.2, 0.25) is 5.91 Å². The lowest BCUT2D eigenvalue weighted by atomic mass is 10.1. The lowest BCUT2D eigenvalue weighted by molar-refractivity contribution is -0.144. The van der Waals surface area contributed by atoms with Crippen LogP contribution in [0.4, 0.5) is 10.1 Å². The second-order valence-electron chi connectivity index (χ2n) is 7.44. The number of hydrogen-bond acceptors (Lipinski definition) is 6. The zero-order valence-electron chi connectivity index (χ0n) is 18.0. The van der Waals surface area contributed by atoms with Crippen LogP contribution in [0.25, 0.3) is 0 Å². The maximum absolute atomic E-state index is 13.1. The van der Waals surface area contributed by atoms with Gasteiger partial charge in [-0.1, -0.05) is 35.3 Å². The van der Waals surface area contributed by atoms with E-state index in [1.807, 2.05) is 0 Å². The van der Waals surface area contributed by atoms with Crippen LogP contribution in [0.2, 0.25) is 10.0 Å². The van der Waals surface area contributed by atoms with E-state index >= 15 is 0 Å². The molecule has 0 aromatic heterocycles. The molecule has 3 N–H and O–H groups in total. The van der Waals surface area contributed by atoms with Gasteiger partial charge in [-0.2, -0.15) is 0 Å². The fraction of sp³-hybridized carbons (Fsp3) is 0.130. The molecule has 0 heterocycles. The number of hydrogen-bond donors (Lipinski definition) is 3. The van der Waals surface area contributed by atoms with Gasteiger partial charge in [0.05, 0.1) is 15.8 Å². The summed E-state index contributed by atoms with van der Waals surface area (Å²) in [6, 6.07) is 11.0. The SMILES string of the molecule is CC(C(=O)O)C(=O)Nc1cc(Cl)c(Oc2ccc(O)c(S(=O)(=O)Cc3ccc(F)cc3)c2)c(Cl)c1. The first-order valence-corrected chi connectivity index (χ1v) is 12.3. The maximum atomic E-state index is 13.1. The van der Waals surface area contributed by atoms with Gasteiger partial charge in [0, 0.05) is 11.8 Å². The number of phenols is 1. The molecule has 0 aliphatic rings. The molecule has 0 saturated heterocycles. The predicted octanol–water partition coefficient (Wildman–Crippen LogP) is 5.26. The smallest absolute Gasteiger partial charge is 0.315 e. The van der Waals surface area contributed by atoms with Crippen molar-refractivity contribution < 1.29 is 37.3 Å². The number of carbonyl (C=O) groups is 2. The maximum Gasteiger partial charge on any atom is 0.315 e. The number of benzene rings is 3. The highest BCUT2D eigenvalue weighted by atomic mass is 35.5. The van der Waals surface area contributed by atoms with E-state index in [-0.39, 0.29) is 27.2 Å². The molecule has 0 bridgehead atoms. The summed E-state index contributed by atoms with van der Waals surface area (Å²) in [5.74, 6) is -5.00. The van der Waals surface area contributed by atoms with Crippen molar-refractivity contribution in [2.24, 2.45) is 5.92 Å². The van der Waals surface area contributed by atoms with Crippen LogP contribution >= 0.6 is 23.2 Å². The summed E-state index contributed by atoms with van der Waals surface area (Å²) in [7, 11) is -4.04. The number of aliphatic carboxylic acids is 1. The summed E-state index contributed by atoms with van der Waals surface area (Å²) in [6.45, 7) is 1.21. The highest BCUT2D eigenvalue weighted by molar-refractivity contribution is 7.90. The second kappa shape index (κ2) is 10.5. The molecule has 3 aromatic carbocycles. The van der Waals surface area contributed by atoms with Crippen LogP contribution in [-0.4, -0.2) is 30.5 Å². The third kappa shape index (κ3) is 6.41. The van der Waals surface area contributed by atoms with Crippen molar-refractivity contribution in [1.82, 2.24) is 0 Å². The molecule has 8 nitrogen and oxygen atoms in total. The van der Waals surface area contributed by atoms with E-state index < -0.39 is 49.8 Å². The topological polar surface area (TPSA) is 130 Å². The van der Waals surface area contributed by atoms with Gasteiger partial charge in [0.15, 0.2) is 15.6 Å². The number of nitrogens with one attached hydrogen (secondary N) is 1. The number of aromatic hydroxyl groups is 1. The van der Waals surface area contributed by atoms with Crippen LogP contribution in [0, 0.1) is 11.7 Å². The molecule has 1 atom stereocenters. The Kier molecular flexibility index (Phi) is 7.89. The molecular weight excluding hydrogens is 524 g/mol. The molecule has 1 amide bonds. The highest BCUT2D eigenvalue weighted by Crippen LogP contribution is 2.40. The van der Waals surface area contributed by atoms with Gasteiger partial charge < -0.3 is 20.3 Å². The van der Waals surface area contributed by atoms with Gasteiger partial charge in [-0.3, -0.25) is 9.59 Å². The molecule has 35 heavy (non-hydrogen) atoms. The third-order valence-corrected chi connectivity index (χ3v) is 7.06. The van der Waals surface area contributed by atoms with Crippen molar-refractivity contribution in [3.05, 3.63) is 76.0 Å². The average molecular weight is 542 g/mol. The van der Waals surface area contributed by atoms with Crippen LogP contribution in [0.3, 0.4) is 0 Å². The van der Waals surface area contributed by atoms with Crippen molar-refractivity contribution in [3.63, 3.8) is 0 Å². The normalized spacial score (nSPS) is 12.1. The lowest BCUT2D eigenvalue weighted by Gasteiger charge is -2.14. The van der Waals surface area contributed by atoms with Gasteiger partial charge in [-0.15, -0.1) is 0 Å². The number of ether oxygens (including phenoxy) is 1. The minimum absolute atomic E-state index is 0.0134. The predicted molar refractivity (Wildman–Crippen MR) is 127 cm³/mol. The zero-order valence-corrected chi connectivity index (χ0v) is 20.3. The molecule has 3 aromatic rings. The number of phenolic OH excluding ortho intramolecular Hbond substituents is 1. The monoisotopic (exact) mass is 541 g/mol. The second-order valence-corrected chi connectivity index (χ2v) is 10.2. The Bertz CT molecular complexity index is 1370. The fourth-order valence-electron chi connectivity index (χ4n) is 2.89. The summed E-state index contributed by atoms with van der Waals surface area (Å²) in [4.78, 5) is 22.5. The molecule has 184 valence electrons. The van der Waals surface area contributed by atoms with E-state index in [0.29, 0.717) is 5.56 Å². The van der Waals surface area contributed by atoms with Crippen molar-refractivity contribution in [2.75, 3.05) is 5.32 Å². The number of anilines is 1. The van der Waals surface area contributed by atoms with Gasteiger partial charge in [-0.25, -0.2) is 12.8 Å². The van der Waals surface area contributed by atoms with Gasteiger partial charge in [-0.05, 0) is 48.9 Å². The Morgan fingerprint density at radius 2 is 1.66 bits per heavy atom. The van der Waals surface area contributed by atoms with E-state index in [2.05, 4.69) is 5.32 Å². The Morgan fingerprint density at radius 1 is 1.06 bits per heavy atom. The Labute approximate surface area is 209 Å². The molecule has 0 aliphatic carbocycles. The van der Waals surface area contributed by atoms with E-state index in [1.54, 1.807) is 0 Å². The minimum atomic E-state index is -4.04. The molecule has 0 radical (unpaired) electrons. The molecular formula is C23H18Cl2FNO7S. The van der Waals surface area contributed by atoms with E-state index in [9.17, 15) is 27.5 Å². The number of amides is 1. The first-order valence-electron chi connectivity index (χ1n) is 9.88. The molecule has 0 saturated carbocycles. The molecule has 3 rings (SSSR count). The van der Waals surface area contributed by atoms with E-state index in [0.717, 1.165) is 24.3 Å². The van der Waals surface area contributed by atoms with Crippen LogP contribution in [0.15, 0.2) is 59.5 Å². The first-order chi connectivity index (χ1) is 16.4. The molecule has 0 aliphatic heterocycles. The third-order valence-electron chi connectivity index (χ3n) is 4.79. The van der Waals surface area contributed by atoms with Crippen molar-refractivity contribution >= 4 is 50.6 Å². The summed E-state index contributed by atoms with van der Waals surface area (Å²) < 4.78 is 44.5. The summed E-state index contributed by atoms with van der Waals surface area (Å²) in [5.41, 5.74) is 0.441. The van der Waals surface area contributed by atoms with Crippen molar-refractivity contribution in [1.29, 1.82) is 0 Å². The number of carboxylic acids is 1. The van der Waals surface area contributed by atoms with E-state index in [1.165, 1.54) is 37.3 Å². The molecule has 12 heteroatoms. The van der Waals surface area contributed by atoms with Crippen LogP contribution in [0.5, 0.6) is 17.2 Å². The molecule has 0 spiro atoms. The Hall–Kier alpha value is -3.34. The number of rotatable bonds is 8. The Morgan fingerprint density at radius 3 is 2.23 bits per heavy atom. The van der Waals surface area contributed by atoms with Crippen LogP contribution in [0.1, 0.15) is 12.5 Å². The van der Waals surface area contributed by atoms with E-state index in [4.69, 9.17) is 33.0 Å². The number of sulfone groups is 1. The molecule has 1 unspecified atom stereocenters. The van der Waals surface area contributed by atoms with Gasteiger partial charge >= 0.3 is 5.97 Å².